The molecule has 1 rings (SSSR count). The molecule has 0 heterocycles. The molecule has 0 aromatic heterocycles. The summed E-state index contributed by atoms with van der Waals surface area (Å²) < 4.78 is 0. The fourth-order valence-corrected chi connectivity index (χ4v) is 0.911. The zero-order chi connectivity index (χ0) is 9.68. The van der Waals surface area contributed by atoms with Crippen molar-refractivity contribution in [3.63, 3.8) is 0 Å². The number of aliphatic carboxylic acids is 1. The van der Waals surface area contributed by atoms with Crippen LogP contribution in [0.25, 0.3) is 12.2 Å². The first kappa shape index (κ1) is 9.26. The van der Waals surface area contributed by atoms with Crippen molar-refractivity contribution in [1.82, 2.24) is 0 Å². The summed E-state index contributed by atoms with van der Waals surface area (Å²) in [6.07, 6.45) is 4.41. The van der Waals surface area contributed by atoms with E-state index in [2.05, 4.69) is 6.58 Å². The molecule has 0 fully saturated rings. The monoisotopic (exact) mass is 174 g/mol. The predicted octanol–water partition coefficient (Wildman–Crippen LogP) is 2.43. The summed E-state index contributed by atoms with van der Waals surface area (Å²) in [7, 11) is 0. The first-order valence-corrected chi connectivity index (χ1v) is 3.86. The molecule has 0 aliphatic heterocycles. The Morgan fingerprint density at radius 3 is 2.23 bits per heavy atom. The van der Waals surface area contributed by atoms with Gasteiger partial charge in [-0.2, -0.15) is 0 Å². The van der Waals surface area contributed by atoms with Crippen molar-refractivity contribution in [2.24, 2.45) is 0 Å². The largest absolute Gasteiger partial charge is 0.478 e. The Morgan fingerprint density at radius 1 is 1.23 bits per heavy atom. The van der Waals surface area contributed by atoms with Crippen molar-refractivity contribution < 1.29 is 9.90 Å². The van der Waals surface area contributed by atoms with E-state index >= 15 is 0 Å². The van der Waals surface area contributed by atoms with Crippen molar-refractivity contribution in [1.29, 1.82) is 0 Å². The van der Waals surface area contributed by atoms with Crippen LogP contribution in [0.15, 0.2) is 36.9 Å². The Labute approximate surface area is 76.8 Å². The molecule has 2 heteroatoms. The van der Waals surface area contributed by atoms with Crippen LogP contribution >= 0.6 is 0 Å². The summed E-state index contributed by atoms with van der Waals surface area (Å²) in [5, 5.41) is 8.37. The van der Waals surface area contributed by atoms with Crippen LogP contribution in [-0.4, -0.2) is 11.1 Å². The van der Waals surface area contributed by atoms with Gasteiger partial charge >= 0.3 is 5.97 Å². The predicted molar refractivity (Wildman–Crippen MR) is 53.2 cm³/mol. The van der Waals surface area contributed by atoms with Gasteiger partial charge in [0.1, 0.15) is 0 Å². The van der Waals surface area contributed by atoms with Gasteiger partial charge in [0.05, 0.1) is 0 Å². The van der Waals surface area contributed by atoms with Crippen molar-refractivity contribution in [2.45, 2.75) is 0 Å². The summed E-state index contributed by atoms with van der Waals surface area (Å²) >= 11 is 0. The van der Waals surface area contributed by atoms with Crippen molar-refractivity contribution >= 4 is 18.1 Å². The van der Waals surface area contributed by atoms with Gasteiger partial charge in [-0.3, -0.25) is 0 Å². The highest BCUT2D eigenvalue weighted by Gasteiger charge is 1.89. The van der Waals surface area contributed by atoms with Crippen LogP contribution in [0.1, 0.15) is 11.1 Å². The minimum absolute atomic E-state index is 0.869. The number of rotatable bonds is 3. The highest BCUT2D eigenvalue weighted by molar-refractivity contribution is 5.85. The molecule has 0 aliphatic rings. The van der Waals surface area contributed by atoms with Gasteiger partial charge in [0.25, 0.3) is 0 Å². The van der Waals surface area contributed by atoms with E-state index < -0.39 is 5.97 Å². The lowest BCUT2D eigenvalue weighted by Gasteiger charge is -1.93. The molecule has 1 aromatic carbocycles. The molecular weight excluding hydrogens is 164 g/mol. The molecule has 0 bridgehead atoms. The third-order valence-electron chi connectivity index (χ3n) is 1.59. The van der Waals surface area contributed by atoms with Gasteiger partial charge in [0, 0.05) is 6.08 Å². The molecule has 1 N–H and O–H groups in total. The summed E-state index contributed by atoms with van der Waals surface area (Å²) in [6.45, 7) is 3.62. The third-order valence-corrected chi connectivity index (χ3v) is 1.59. The topological polar surface area (TPSA) is 37.3 Å². The Balaban J connectivity index is 2.80. The number of benzene rings is 1. The van der Waals surface area contributed by atoms with Crippen LogP contribution in [0.5, 0.6) is 0 Å². The molecule has 0 saturated heterocycles. The summed E-state index contributed by atoms with van der Waals surface area (Å²) in [5.41, 5.74) is 1.89. The average Bonchev–Trinajstić information content (AvgIpc) is 2.15. The highest BCUT2D eigenvalue weighted by Crippen LogP contribution is 2.06. The second kappa shape index (κ2) is 4.26. The van der Waals surface area contributed by atoms with Crippen molar-refractivity contribution in [3.8, 4) is 0 Å². The quantitative estimate of drug-likeness (QED) is 0.714. The second-order valence-electron chi connectivity index (χ2n) is 2.54. The standard InChI is InChI=1S/C11H10O2/c1-2-9-3-5-10(6-4-9)7-8-11(12)13/h2-8H,1H2,(H,12,13). The maximum absolute atomic E-state index is 10.2. The number of carboxylic acids is 1. The lowest BCUT2D eigenvalue weighted by Crippen LogP contribution is -1.85. The molecule has 0 spiro atoms. The van der Waals surface area contributed by atoms with Crippen LogP contribution in [0, 0.1) is 0 Å². The Morgan fingerprint density at radius 2 is 1.77 bits per heavy atom. The fraction of sp³-hybridized carbons (Fsp3) is 0. The minimum atomic E-state index is -0.937. The normalized spacial score (nSPS) is 10.2. The van der Waals surface area contributed by atoms with Crippen LogP contribution < -0.4 is 0 Å². The summed E-state index contributed by atoms with van der Waals surface area (Å²) in [6, 6.07) is 7.45. The molecule has 0 amide bonds. The van der Waals surface area contributed by atoms with Crippen LogP contribution in [0.3, 0.4) is 0 Å². The van der Waals surface area contributed by atoms with Gasteiger partial charge < -0.3 is 5.11 Å². The van der Waals surface area contributed by atoms with Crippen LogP contribution in [0.4, 0.5) is 0 Å². The van der Waals surface area contributed by atoms with Crippen molar-refractivity contribution in [3.05, 3.63) is 48.0 Å². The summed E-state index contributed by atoms with van der Waals surface area (Å²) in [5.74, 6) is -0.937. The molecule has 0 unspecified atom stereocenters. The SMILES string of the molecule is C=Cc1ccc(C=CC(=O)O)cc1. The zero-order valence-electron chi connectivity index (χ0n) is 7.10. The summed E-state index contributed by atoms with van der Waals surface area (Å²) in [4.78, 5) is 10.2. The van der Waals surface area contributed by atoms with Gasteiger partial charge in [-0.05, 0) is 17.2 Å². The van der Waals surface area contributed by atoms with E-state index in [1.807, 2.05) is 24.3 Å². The molecule has 0 saturated carbocycles. The molecule has 0 aliphatic carbocycles. The number of hydrogen-bond acceptors (Lipinski definition) is 1. The molecular formula is C11H10O2. The molecule has 0 atom stereocenters. The number of carboxylic acid groups (broad SMARTS) is 1. The third kappa shape index (κ3) is 2.95. The van der Waals surface area contributed by atoms with Gasteiger partial charge in [-0.1, -0.05) is 36.9 Å². The highest BCUT2D eigenvalue weighted by atomic mass is 16.4. The Bertz CT molecular complexity index is 334. The zero-order valence-corrected chi connectivity index (χ0v) is 7.10. The number of hydrogen-bond donors (Lipinski definition) is 1. The van der Waals surface area contributed by atoms with E-state index in [0.29, 0.717) is 0 Å². The number of carbonyl (C=O) groups is 1. The molecule has 1 aromatic rings. The van der Waals surface area contributed by atoms with E-state index in [0.717, 1.165) is 17.2 Å². The lowest BCUT2D eigenvalue weighted by molar-refractivity contribution is -0.131. The molecule has 0 radical (unpaired) electrons. The van der Waals surface area contributed by atoms with E-state index in [1.165, 1.54) is 0 Å². The van der Waals surface area contributed by atoms with E-state index in [4.69, 9.17) is 5.11 Å². The smallest absolute Gasteiger partial charge is 0.328 e. The first-order valence-electron chi connectivity index (χ1n) is 3.86. The van der Waals surface area contributed by atoms with E-state index in [-0.39, 0.29) is 0 Å². The van der Waals surface area contributed by atoms with Gasteiger partial charge in [0.15, 0.2) is 0 Å². The lowest BCUT2D eigenvalue weighted by atomic mass is 10.1. The van der Waals surface area contributed by atoms with Crippen LogP contribution in [0.2, 0.25) is 0 Å². The van der Waals surface area contributed by atoms with E-state index in [1.54, 1.807) is 12.2 Å². The Hall–Kier alpha value is -1.83. The minimum Gasteiger partial charge on any atom is -0.478 e. The van der Waals surface area contributed by atoms with Gasteiger partial charge in [0.2, 0.25) is 0 Å². The first-order chi connectivity index (χ1) is 6.22. The Kier molecular flexibility index (Phi) is 3.03. The van der Waals surface area contributed by atoms with Crippen LogP contribution in [-0.2, 0) is 4.79 Å². The molecule has 13 heavy (non-hydrogen) atoms. The maximum Gasteiger partial charge on any atom is 0.328 e. The van der Waals surface area contributed by atoms with Gasteiger partial charge in [-0.15, -0.1) is 0 Å². The molecule has 66 valence electrons. The second-order valence-corrected chi connectivity index (χ2v) is 2.54. The van der Waals surface area contributed by atoms with Gasteiger partial charge in [-0.25, -0.2) is 4.79 Å². The molecule has 2 nitrogen and oxygen atoms in total. The maximum atomic E-state index is 10.2. The fourth-order valence-electron chi connectivity index (χ4n) is 0.911. The average molecular weight is 174 g/mol. The van der Waals surface area contributed by atoms with Crippen molar-refractivity contribution in [2.75, 3.05) is 0 Å². The van der Waals surface area contributed by atoms with E-state index in [9.17, 15) is 4.79 Å².